The quantitative estimate of drug-likeness (QED) is 0.721. The first-order valence-corrected chi connectivity index (χ1v) is 9.93. The summed E-state index contributed by atoms with van der Waals surface area (Å²) in [4.78, 5) is 12.1. The molecule has 2 rings (SSSR count). The lowest BCUT2D eigenvalue weighted by atomic mass is 9.97. The first-order chi connectivity index (χ1) is 11.4. The fraction of sp³-hybridized carbons (Fsp3) is 0.533. The number of carbonyl (C=O) groups excluding carboxylic acids is 1. The normalized spacial score (nSPS) is 17.0. The van der Waals surface area contributed by atoms with Crippen molar-refractivity contribution in [2.24, 2.45) is 5.92 Å². The number of piperidine rings is 1. The molecule has 24 heavy (non-hydrogen) atoms. The number of rotatable bonds is 6. The molecule has 1 aromatic rings. The molecule has 0 aromatic heterocycles. The molecule has 0 atom stereocenters. The number of hydrogen-bond acceptors (Lipinski definition) is 4. The number of hydrogen-bond donors (Lipinski definition) is 2. The molecular formula is C15H21Cl2N3O3S. The van der Waals surface area contributed by atoms with Crippen LogP contribution in [-0.2, 0) is 14.8 Å². The van der Waals surface area contributed by atoms with Crippen molar-refractivity contribution < 1.29 is 13.2 Å². The predicted octanol–water partition coefficient (Wildman–Crippen LogP) is 1.73. The summed E-state index contributed by atoms with van der Waals surface area (Å²) < 4.78 is 26.8. The standard InChI is InChI=1S/C15H21Cl2N3O3S/c1-18-6-7-19-15(21)11-4-8-20(9-5-11)24(22,23)14-10-12(16)2-3-13(14)17/h2-3,10-11,18H,4-9H2,1H3,(H,19,21). The maximum Gasteiger partial charge on any atom is 0.244 e. The van der Waals surface area contributed by atoms with Gasteiger partial charge in [-0.2, -0.15) is 4.31 Å². The first kappa shape index (κ1) is 19.5. The Hall–Kier alpha value is -0.860. The average Bonchev–Trinajstić information content (AvgIpc) is 2.57. The highest BCUT2D eigenvalue weighted by Crippen LogP contribution is 2.30. The van der Waals surface area contributed by atoms with Crippen molar-refractivity contribution in [2.75, 3.05) is 33.2 Å². The van der Waals surface area contributed by atoms with Crippen molar-refractivity contribution in [3.8, 4) is 0 Å². The topological polar surface area (TPSA) is 78.5 Å². The van der Waals surface area contributed by atoms with Gasteiger partial charge in [0.15, 0.2) is 0 Å². The van der Waals surface area contributed by atoms with Crippen LogP contribution >= 0.6 is 23.2 Å². The zero-order valence-electron chi connectivity index (χ0n) is 13.4. The molecule has 1 aliphatic rings. The molecule has 1 saturated heterocycles. The number of sulfonamides is 1. The third kappa shape index (κ3) is 4.61. The highest BCUT2D eigenvalue weighted by atomic mass is 35.5. The average molecular weight is 394 g/mol. The van der Waals surface area contributed by atoms with Crippen LogP contribution in [0.4, 0.5) is 0 Å². The molecule has 0 saturated carbocycles. The zero-order valence-corrected chi connectivity index (χ0v) is 15.7. The van der Waals surface area contributed by atoms with Crippen LogP contribution in [0.2, 0.25) is 10.0 Å². The van der Waals surface area contributed by atoms with Crippen molar-refractivity contribution in [1.82, 2.24) is 14.9 Å². The number of nitrogens with zero attached hydrogens (tertiary/aromatic N) is 1. The lowest BCUT2D eigenvalue weighted by Gasteiger charge is -2.30. The summed E-state index contributed by atoms with van der Waals surface area (Å²) >= 11 is 11.9. The Morgan fingerprint density at radius 1 is 1.25 bits per heavy atom. The van der Waals surface area contributed by atoms with Gasteiger partial charge in [0.25, 0.3) is 0 Å². The summed E-state index contributed by atoms with van der Waals surface area (Å²) in [6.45, 7) is 1.84. The molecule has 6 nitrogen and oxygen atoms in total. The van der Waals surface area contributed by atoms with Crippen LogP contribution in [0.25, 0.3) is 0 Å². The minimum Gasteiger partial charge on any atom is -0.355 e. The van der Waals surface area contributed by atoms with E-state index in [1.165, 1.54) is 16.4 Å². The van der Waals surface area contributed by atoms with E-state index in [9.17, 15) is 13.2 Å². The summed E-state index contributed by atoms with van der Waals surface area (Å²) in [7, 11) is -1.89. The Labute approximate surface area is 152 Å². The van der Waals surface area contributed by atoms with Crippen molar-refractivity contribution >= 4 is 39.1 Å². The Morgan fingerprint density at radius 2 is 1.92 bits per heavy atom. The van der Waals surface area contributed by atoms with Gasteiger partial charge in [0.2, 0.25) is 15.9 Å². The number of nitrogens with one attached hydrogen (secondary N) is 2. The van der Waals surface area contributed by atoms with E-state index in [1.807, 2.05) is 7.05 Å². The SMILES string of the molecule is CNCCNC(=O)C1CCN(S(=O)(=O)c2cc(Cl)ccc2Cl)CC1. The highest BCUT2D eigenvalue weighted by molar-refractivity contribution is 7.89. The van der Waals surface area contributed by atoms with Gasteiger partial charge in [-0.05, 0) is 38.1 Å². The summed E-state index contributed by atoms with van der Waals surface area (Å²) in [5.74, 6) is -0.189. The van der Waals surface area contributed by atoms with E-state index in [1.54, 1.807) is 6.07 Å². The first-order valence-electron chi connectivity index (χ1n) is 7.73. The second kappa shape index (κ2) is 8.49. The van der Waals surface area contributed by atoms with Gasteiger partial charge in [-0.15, -0.1) is 0 Å². The Kier molecular flexibility index (Phi) is 6.88. The number of halogens is 2. The molecule has 0 unspecified atom stereocenters. The molecule has 1 aromatic carbocycles. The molecule has 1 aliphatic heterocycles. The van der Waals surface area contributed by atoms with Crippen molar-refractivity contribution in [1.29, 1.82) is 0 Å². The molecule has 0 bridgehead atoms. The third-order valence-electron chi connectivity index (χ3n) is 4.01. The Bertz CT molecular complexity index is 689. The second-order valence-corrected chi connectivity index (χ2v) is 8.40. The van der Waals surface area contributed by atoms with Gasteiger partial charge in [-0.25, -0.2) is 8.42 Å². The van der Waals surface area contributed by atoms with E-state index in [2.05, 4.69) is 10.6 Å². The predicted molar refractivity (Wildman–Crippen MR) is 94.9 cm³/mol. The maximum atomic E-state index is 12.7. The number of amides is 1. The van der Waals surface area contributed by atoms with Crippen LogP contribution in [0.5, 0.6) is 0 Å². The summed E-state index contributed by atoms with van der Waals surface area (Å²) in [5, 5.41) is 6.26. The number of carbonyl (C=O) groups is 1. The summed E-state index contributed by atoms with van der Waals surface area (Å²) in [6, 6.07) is 4.37. The van der Waals surface area contributed by atoms with Crippen LogP contribution in [0.15, 0.2) is 23.1 Å². The largest absolute Gasteiger partial charge is 0.355 e. The van der Waals surface area contributed by atoms with E-state index in [4.69, 9.17) is 23.2 Å². The van der Waals surface area contributed by atoms with E-state index >= 15 is 0 Å². The molecule has 0 aliphatic carbocycles. The molecule has 1 fully saturated rings. The summed E-state index contributed by atoms with van der Waals surface area (Å²) in [6.07, 6.45) is 0.978. The van der Waals surface area contributed by atoms with Gasteiger partial charge >= 0.3 is 0 Å². The Morgan fingerprint density at radius 3 is 2.54 bits per heavy atom. The fourth-order valence-corrected chi connectivity index (χ4v) is 4.83. The minimum absolute atomic E-state index is 0.00795. The van der Waals surface area contributed by atoms with Gasteiger partial charge in [0, 0.05) is 37.1 Å². The van der Waals surface area contributed by atoms with E-state index in [0.29, 0.717) is 31.0 Å². The third-order valence-corrected chi connectivity index (χ3v) is 6.63. The smallest absolute Gasteiger partial charge is 0.244 e. The Balaban J connectivity index is 2.01. The van der Waals surface area contributed by atoms with Crippen LogP contribution in [-0.4, -0.2) is 51.9 Å². The monoisotopic (exact) mass is 393 g/mol. The van der Waals surface area contributed by atoms with Crippen molar-refractivity contribution in [2.45, 2.75) is 17.7 Å². The second-order valence-electron chi connectivity index (χ2n) is 5.65. The molecule has 0 spiro atoms. The van der Waals surface area contributed by atoms with Crippen LogP contribution in [0.1, 0.15) is 12.8 Å². The highest BCUT2D eigenvalue weighted by Gasteiger charge is 2.33. The molecule has 1 heterocycles. The molecule has 2 N–H and O–H groups in total. The van der Waals surface area contributed by atoms with E-state index in [0.717, 1.165) is 0 Å². The lowest BCUT2D eigenvalue weighted by Crippen LogP contribution is -2.43. The lowest BCUT2D eigenvalue weighted by molar-refractivity contribution is -0.126. The van der Waals surface area contributed by atoms with Crippen molar-refractivity contribution in [3.05, 3.63) is 28.2 Å². The maximum absolute atomic E-state index is 12.7. The van der Waals surface area contributed by atoms with E-state index < -0.39 is 10.0 Å². The molecule has 0 radical (unpaired) electrons. The van der Waals surface area contributed by atoms with Crippen LogP contribution in [0, 0.1) is 5.92 Å². The van der Waals surface area contributed by atoms with Crippen molar-refractivity contribution in [3.63, 3.8) is 0 Å². The molecule has 1 amide bonds. The van der Waals surface area contributed by atoms with Gasteiger partial charge in [-0.3, -0.25) is 4.79 Å². The molecular weight excluding hydrogens is 373 g/mol. The van der Waals surface area contributed by atoms with Gasteiger partial charge < -0.3 is 10.6 Å². The van der Waals surface area contributed by atoms with Gasteiger partial charge in [0.1, 0.15) is 4.90 Å². The number of likely N-dealkylation sites (N-methyl/N-ethyl adjacent to an activating group) is 1. The molecule has 134 valence electrons. The fourth-order valence-electron chi connectivity index (χ4n) is 2.63. The number of benzene rings is 1. The minimum atomic E-state index is -3.71. The van der Waals surface area contributed by atoms with Gasteiger partial charge in [0.05, 0.1) is 5.02 Å². The zero-order chi connectivity index (χ0) is 17.7. The molecule has 9 heteroatoms. The van der Waals surface area contributed by atoms with Gasteiger partial charge in [-0.1, -0.05) is 23.2 Å². The summed E-state index contributed by atoms with van der Waals surface area (Å²) in [5.41, 5.74) is 0. The van der Waals surface area contributed by atoms with Crippen LogP contribution in [0.3, 0.4) is 0 Å². The van der Waals surface area contributed by atoms with Crippen LogP contribution < -0.4 is 10.6 Å². The van der Waals surface area contributed by atoms with E-state index in [-0.39, 0.29) is 34.8 Å².